The van der Waals surface area contributed by atoms with Gasteiger partial charge in [-0.05, 0) is 39.2 Å². The van der Waals surface area contributed by atoms with Crippen LogP contribution >= 0.6 is 0 Å². The summed E-state index contributed by atoms with van der Waals surface area (Å²) in [5, 5.41) is 3.56. The molecule has 0 spiro atoms. The predicted molar refractivity (Wildman–Crippen MR) is 61.0 cm³/mol. The van der Waals surface area contributed by atoms with Gasteiger partial charge in [0.05, 0.1) is 0 Å². The fraction of sp³-hybridized carbons (Fsp3) is 0.833. The summed E-state index contributed by atoms with van der Waals surface area (Å²) in [6.07, 6.45) is 4.80. The van der Waals surface area contributed by atoms with Crippen molar-refractivity contribution in [2.75, 3.05) is 6.54 Å². The molecule has 0 aromatic carbocycles. The number of rotatable bonds is 6. The van der Waals surface area contributed by atoms with Crippen molar-refractivity contribution < 1.29 is 0 Å². The maximum atomic E-state index is 3.56. The Morgan fingerprint density at radius 3 is 2.31 bits per heavy atom. The van der Waals surface area contributed by atoms with Gasteiger partial charge < -0.3 is 5.32 Å². The third kappa shape index (κ3) is 8.04. The summed E-state index contributed by atoms with van der Waals surface area (Å²) in [6, 6.07) is 0.574. The van der Waals surface area contributed by atoms with Gasteiger partial charge in [-0.25, -0.2) is 0 Å². The third-order valence-corrected chi connectivity index (χ3v) is 1.92. The van der Waals surface area contributed by atoms with Crippen LogP contribution < -0.4 is 5.32 Å². The molecule has 0 aliphatic heterocycles. The zero-order chi connectivity index (χ0) is 10.3. The van der Waals surface area contributed by atoms with Crippen LogP contribution in [0.15, 0.2) is 11.6 Å². The molecule has 0 saturated carbocycles. The largest absolute Gasteiger partial charge is 0.311 e. The zero-order valence-corrected chi connectivity index (χ0v) is 9.85. The number of nitrogens with one attached hydrogen (secondary N) is 1. The monoisotopic (exact) mass is 183 g/mol. The van der Waals surface area contributed by atoms with E-state index >= 15 is 0 Å². The van der Waals surface area contributed by atoms with Gasteiger partial charge in [0.15, 0.2) is 0 Å². The molecular formula is C12H25N. The van der Waals surface area contributed by atoms with Gasteiger partial charge in [-0.3, -0.25) is 0 Å². The van der Waals surface area contributed by atoms with Crippen molar-refractivity contribution >= 4 is 0 Å². The predicted octanol–water partition coefficient (Wildman–Crippen LogP) is 3.37. The Labute approximate surface area is 83.6 Å². The number of allylic oxidation sites excluding steroid dienone is 1. The highest BCUT2D eigenvalue weighted by molar-refractivity contribution is 5.01. The maximum absolute atomic E-state index is 3.56. The first-order chi connectivity index (χ1) is 6.06. The molecule has 0 aromatic rings. The van der Waals surface area contributed by atoms with Gasteiger partial charge in [-0.15, -0.1) is 0 Å². The molecule has 78 valence electrons. The Hall–Kier alpha value is -0.300. The van der Waals surface area contributed by atoms with Crippen LogP contribution in [0.3, 0.4) is 0 Å². The van der Waals surface area contributed by atoms with Crippen LogP contribution in [0.25, 0.3) is 0 Å². The van der Waals surface area contributed by atoms with Crippen molar-refractivity contribution in [3.63, 3.8) is 0 Å². The van der Waals surface area contributed by atoms with E-state index in [1.54, 1.807) is 0 Å². The fourth-order valence-corrected chi connectivity index (χ4v) is 1.45. The Bertz CT molecular complexity index is 143. The lowest BCUT2D eigenvalue weighted by Gasteiger charge is -2.17. The highest BCUT2D eigenvalue weighted by Gasteiger charge is 2.05. The lowest BCUT2D eigenvalue weighted by Crippen LogP contribution is -2.29. The second-order valence-corrected chi connectivity index (χ2v) is 4.43. The van der Waals surface area contributed by atoms with Crippen molar-refractivity contribution in [2.45, 2.75) is 53.5 Å². The molecular weight excluding hydrogens is 158 g/mol. The normalized spacial score (nSPS) is 13.1. The van der Waals surface area contributed by atoms with Crippen LogP contribution in [0.4, 0.5) is 0 Å². The Kier molecular flexibility index (Phi) is 6.97. The Morgan fingerprint density at radius 1 is 1.31 bits per heavy atom. The molecule has 0 amide bonds. The van der Waals surface area contributed by atoms with E-state index in [1.807, 2.05) is 0 Å². The number of hydrogen-bond donors (Lipinski definition) is 1. The molecule has 1 N–H and O–H groups in total. The van der Waals surface area contributed by atoms with E-state index in [1.165, 1.54) is 18.4 Å². The van der Waals surface area contributed by atoms with E-state index in [0.717, 1.165) is 12.5 Å². The van der Waals surface area contributed by atoms with Crippen molar-refractivity contribution in [1.29, 1.82) is 0 Å². The topological polar surface area (TPSA) is 12.0 Å². The maximum Gasteiger partial charge on any atom is 0.0254 e. The summed E-state index contributed by atoms with van der Waals surface area (Å²) in [6.45, 7) is 12.2. The first-order valence-electron chi connectivity index (χ1n) is 5.44. The van der Waals surface area contributed by atoms with Gasteiger partial charge in [0.2, 0.25) is 0 Å². The fourth-order valence-electron chi connectivity index (χ4n) is 1.45. The second kappa shape index (κ2) is 7.14. The molecule has 1 unspecified atom stereocenters. The van der Waals surface area contributed by atoms with Crippen LogP contribution in [0, 0.1) is 5.92 Å². The molecule has 0 fully saturated rings. The molecule has 0 aromatic heterocycles. The first kappa shape index (κ1) is 12.7. The van der Waals surface area contributed by atoms with E-state index in [2.05, 4.69) is 46.0 Å². The molecule has 0 bridgehead atoms. The molecule has 1 nitrogen and oxygen atoms in total. The minimum absolute atomic E-state index is 0.574. The van der Waals surface area contributed by atoms with Gasteiger partial charge in [0, 0.05) is 6.04 Å². The van der Waals surface area contributed by atoms with E-state index in [9.17, 15) is 0 Å². The Morgan fingerprint density at radius 2 is 1.92 bits per heavy atom. The average molecular weight is 183 g/mol. The summed E-state index contributed by atoms with van der Waals surface area (Å²) in [4.78, 5) is 0. The molecule has 0 aliphatic carbocycles. The lowest BCUT2D eigenvalue weighted by atomic mass is 10.0. The first-order valence-corrected chi connectivity index (χ1v) is 5.44. The van der Waals surface area contributed by atoms with E-state index < -0.39 is 0 Å². The van der Waals surface area contributed by atoms with Gasteiger partial charge >= 0.3 is 0 Å². The molecule has 0 saturated heterocycles. The Balaban J connectivity index is 3.95. The SMILES string of the molecule is CCCNC(C=C(C)C)CC(C)C. The summed E-state index contributed by atoms with van der Waals surface area (Å²) < 4.78 is 0. The average Bonchev–Trinajstić information content (AvgIpc) is 1.98. The quantitative estimate of drug-likeness (QED) is 0.623. The summed E-state index contributed by atoms with van der Waals surface area (Å²) in [5.74, 6) is 0.768. The highest BCUT2D eigenvalue weighted by atomic mass is 14.9. The van der Waals surface area contributed by atoms with Crippen molar-refractivity contribution in [3.05, 3.63) is 11.6 Å². The van der Waals surface area contributed by atoms with Crippen molar-refractivity contribution in [2.24, 2.45) is 5.92 Å². The van der Waals surface area contributed by atoms with Gasteiger partial charge in [-0.2, -0.15) is 0 Å². The molecule has 13 heavy (non-hydrogen) atoms. The molecule has 1 heteroatoms. The highest BCUT2D eigenvalue weighted by Crippen LogP contribution is 2.07. The van der Waals surface area contributed by atoms with E-state index in [4.69, 9.17) is 0 Å². The van der Waals surface area contributed by atoms with Crippen LogP contribution in [0.5, 0.6) is 0 Å². The lowest BCUT2D eigenvalue weighted by molar-refractivity contribution is 0.471. The van der Waals surface area contributed by atoms with Gasteiger partial charge in [-0.1, -0.05) is 32.4 Å². The van der Waals surface area contributed by atoms with Crippen molar-refractivity contribution in [3.8, 4) is 0 Å². The van der Waals surface area contributed by atoms with Crippen LogP contribution in [0.2, 0.25) is 0 Å². The van der Waals surface area contributed by atoms with Crippen LogP contribution in [-0.2, 0) is 0 Å². The van der Waals surface area contributed by atoms with Crippen molar-refractivity contribution in [1.82, 2.24) is 5.32 Å². The number of hydrogen-bond acceptors (Lipinski definition) is 1. The summed E-state index contributed by atoms with van der Waals surface area (Å²) in [5.41, 5.74) is 1.41. The van der Waals surface area contributed by atoms with Crippen LogP contribution in [0.1, 0.15) is 47.5 Å². The van der Waals surface area contributed by atoms with Gasteiger partial charge in [0.1, 0.15) is 0 Å². The van der Waals surface area contributed by atoms with Gasteiger partial charge in [0.25, 0.3) is 0 Å². The third-order valence-electron chi connectivity index (χ3n) is 1.92. The second-order valence-electron chi connectivity index (χ2n) is 4.43. The summed E-state index contributed by atoms with van der Waals surface area (Å²) in [7, 11) is 0. The smallest absolute Gasteiger partial charge is 0.0254 e. The zero-order valence-electron chi connectivity index (χ0n) is 9.85. The molecule has 1 atom stereocenters. The summed E-state index contributed by atoms with van der Waals surface area (Å²) >= 11 is 0. The van der Waals surface area contributed by atoms with Crippen LogP contribution in [-0.4, -0.2) is 12.6 Å². The molecule has 0 heterocycles. The molecule has 0 rings (SSSR count). The van der Waals surface area contributed by atoms with E-state index in [-0.39, 0.29) is 0 Å². The molecule has 0 radical (unpaired) electrons. The standard InChI is InChI=1S/C12H25N/c1-6-7-13-12(8-10(2)3)9-11(4)5/h8,11-13H,6-7,9H2,1-5H3. The minimum Gasteiger partial charge on any atom is -0.311 e. The molecule has 0 aliphatic rings. The minimum atomic E-state index is 0.574. The van der Waals surface area contributed by atoms with E-state index in [0.29, 0.717) is 6.04 Å².